The van der Waals surface area contributed by atoms with Gasteiger partial charge in [-0.1, -0.05) is 12.1 Å². The summed E-state index contributed by atoms with van der Waals surface area (Å²) in [5, 5.41) is 0. The van der Waals surface area contributed by atoms with Crippen LogP contribution in [0.2, 0.25) is 0 Å². The van der Waals surface area contributed by atoms with E-state index in [1.54, 1.807) is 12.1 Å². The molecule has 0 unspecified atom stereocenters. The average molecular weight is 140 g/mol. The Labute approximate surface area is 59.7 Å². The normalized spacial score (nSPS) is 13.1. The van der Waals surface area contributed by atoms with Gasteiger partial charge in [-0.25, -0.2) is 4.39 Å². The van der Waals surface area contributed by atoms with E-state index < -0.39 is 0 Å². The molecule has 0 saturated heterocycles. The number of benzene rings is 1. The highest BCUT2D eigenvalue weighted by molar-refractivity contribution is 5.17. The van der Waals surface area contributed by atoms with Crippen LogP contribution in [0.5, 0.6) is 0 Å². The highest BCUT2D eigenvalue weighted by Gasteiger charge is 2.00. The monoisotopic (exact) mass is 140 g/mol. The summed E-state index contributed by atoms with van der Waals surface area (Å²) >= 11 is 0. The number of quaternary nitrogens is 1. The van der Waals surface area contributed by atoms with Gasteiger partial charge in [0.25, 0.3) is 0 Å². The maximum Gasteiger partial charge on any atom is 0.123 e. The van der Waals surface area contributed by atoms with E-state index in [4.69, 9.17) is 0 Å². The molecular formula is C8H11FN+. The molecule has 0 bridgehead atoms. The summed E-state index contributed by atoms with van der Waals surface area (Å²) in [6.45, 7) is 1.98. The van der Waals surface area contributed by atoms with Crippen molar-refractivity contribution in [3.05, 3.63) is 35.6 Å². The van der Waals surface area contributed by atoms with Crippen molar-refractivity contribution >= 4 is 0 Å². The third kappa shape index (κ3) is 1.54. The first-order valence-electron chi connectivity index (χ1n) is 3.28. The van der Waals surface area contributed by atoms with Crippen LogP contribution in [-0.2, 0) is 0 Å². The number of halogens is 1. The molecule has 0 saturated carbocycles. The summed E-state index contributed by atoms with van der Waals surface area (Å²) < 4.78 is 12.3. The first kappa shape index (κ1) is 7.22. The molecule has 1 aromatic rings. The Bertz CT molecular complexity index is 203. The lowest BCUT2D eigenvalue weighted by Crippen LogP contribution is -2.51. The lowest BCUT2D eigenvalue weighted by molar-refractivity contribution is -0.420. The number of rotatable bonds is 1. The molecule has 3 N–H and O–H groups in total. The van der Waals surface area contributed by atoms with Crippen LogP contribution in [0, 0.1) is 5.82 Å². The molecule has 10 heavy (non-hydrogen) atoms. The van der Waals surface area contributed by atoms with Crippen LogP contribution in [-0.4, -0.2) is 0 Å². The SMILES string of the molecule is C[C@H]([NH3+])c1ccc(F)cc1. The molecule has 0 amide bonds. The summed E-state index contributed by atoms with van der Waals surface area (Å²) in [5.41, 5.74) is 4.89. The third-order valence-corrected chi connectivity index (χ3v) is 1.44. The largest absolute Gasteiger partial charge is 0.352 e. The molecule has 0 fully saturated rings. The molecule has 2 heteroatoms. The predicted molar refractivity (Wildman–Crippen MR) is 37.7 cm³/mol. The molecule has 0 radical (unpaired) electrons. The van der Waals surface area contributed by atoms with Crippen LogP contribution in [0.15, 0.2) is 24.3 Å². The average Bonchev–Trinajstić information content (AvgIpc) is 1.88. The number of hydrogen-bond donors (Lipinski definition) is 1. The highest BCUT2D eigenvalue weighted by Crippen LogP contribution is 2.07. The van der Waals surface area contributed by atoms with Gasteiger partial charge >= 0.3 is 0 Å². The summed E-state index contributed by atoms with van der Waals surface area (Å²) in [7, 11) is 0. The van der Waals surface area contributed by atoms with Crippen molar-refractivity contribution in [1.29, 1.82) is 0 Å². The van der Waals surface area contributed by atoms with Gasteiger partial charge in [-0.05, 0) is 19.1 Å². The number of hydrogen-bond acceptors (Lipinski definition) is 0. The van der Waals surface area contributed by atoms with Crippen molar-refractivity contribution in [1.82, 2.24) is 0 Å². The summed E-state index contributed by atoms with van der Waals surface area (Å²) in [6.07, 6.45) is 0. The third-order valence-electron chi connectivity index (χ3n) is 1.44. The minimum Gasteiger partial charge on any atom is -0.352 e. The van der Waals surface area contributed by atoms with Crippen LogP contribution in [0.3, 0.4) is 0 Å². The fourth-order valence-corrected chi connectivity index (χ4v) is 0.791. The molecule has 0 spiro atoms. The van der Waals surface area contributed by atoms with E-state index in [1.165, 1.54) is 12.1 Å². The van der Waals surface area contributed by atoms with E-state index in [9.17, 15) is 4.39 Å². The van der Waals surface area contributed by atoms with Crippen molar-refractivity contribution in [3.8, 4) is 0 Å². The van der Waals surface area contributed by atoms with Crippen molar-refractivity contribution < 1.29 is 10.1 Å². The summed E-state index contributed by atoms with van der Waals surface area (Å²) in [4.78, 5) is 0. The van der Waals surface area contributed by atoms with Gasteiger partial charge in [-0.2, -0.15) is 0 Å². The molecule has 1 nitrogen and oxygen atoms in total. The quantitative estimate of drug-likeness (QED) is 0.605. The Morgan fingerprint density at radius 3 is 2.20 bits per heavy atom. The maximum atomic E-state index is 12.3. The predicted octanol–water partition coefficient (Wildman–Crippen LogP) is 1.13. The van der Waals surface area contributed by atoms with Crippen LogP contribution < -0.4 is 5.73 Å². The van der Waals surface area contributed by atoms with Gasteiger partial charge in [0, 0.05) is 5.56 Å². The lowest BCUT2D eigenvalue weighted by atomic mass is 10.1. The van der Waals surface area contributed by atoms with Gasteiger partial charge < -0.3 is 5.73 Å². The summed E-state index contributed by atoms with van der Waals surface area (Å²) in [5.74, 6) is -0.190. The Balaban J connectivity index is 2.89. The molecule has 1 atom stereocenters. The van der Waals surface area contributed by atoms with Gasteiger partial charge in [0.1, 0.15) is 11.9 Å². The van der Waals surface area contributed by atoms with E-state index >= 15 is 0 Å². The van der Waals surface area contributed by atoms with Crippen LogP contribution in [0.25, 0.3) is 0 Å². The van der Waals surface area contributed by atoms with Gasteiger partial charge in [0.05, 0.1) is 0 Å². The maximum absolute atomic E-state index is 12.3. The van der Waals surface area contributed by atoms with E-state index in [-0.39, 0.29) is 11.9 Å². The molecule has 0 aliphatic carbocycles. The van der Waals surface area contributed by atoms with E-state index in [0.717, 1.165) is 5.56 Å². The molecule has 0 aliphatic heterocycles. The van der Waals surface area contributed by atoms with E-state index in [2.05, 4.69) is 5.73 Å². The first-order chi connectivity index (χ1) is 4.70. The first-order valence-corrected chi connectivity index (χ1v) is 3.28. The van der Waals surface area contributed by atoms with Crippen molar-refractivity contribution in [2.75, 3.05) is 0 Å². The highest BCUT2D eigenvalue weighted by atomic mass is 19.1. The molecular weight excluding hydrogens is 129 g/mol. The second-order valence-corrected chi connectivity index (χ2v) is 2.45. The Morgan fingerprint density at radius 2 is 1.80 bits per heavy atom. The fourth-order valence-electron chi connectivity index (χ4n) is 0.791. The van der Waals surface area contributed by atoms with Gasteiger partial charge in [0.2, 0.25) is 0 Å². The zero-order valence-electron chi connectivity index (χ0n) is 5.97. The van der Waals surface area contributed by atoms with Crippen LogP contribution in [0.4, 0.5) is 4.39 Å². The van der Waals surface area contributed by atoms with Gasteiger partial charge in [0.15, 0.2) is 0 Å². The zero-order chi connectivity index (χ0) is 7.56. The van der Waals surface area contributed by atoms with Crippen LogP contribution >= 0.6 is 0 Å². The van der Waals surface area contributed by atoms with Crippen LogP contribution in [0.1, 0.15) is 18.5 Å². The Hall–Kier alpha value is -0.890. The Kier molecular flexibility index (Phi) is 2.02. The molecule has 1 rings (SSSR count). The van der Waals surface area contributed by atoms with E-state index in [0.29, 0.717) is 0 Å². The molecule has 54 valence electrons. The fraction of sp³-hybridized carbons (Fsp3) is 0.250. The van der Waals surface area contributed by atoms with Crippen molar-refractivity contribution in [2.45, 2.75) is 13.0 Å². The zero-order valence-corrected chi connectivity index (χ0v) is 5.97. The Morgan fingerprint density at radius 1 is 1.30 bits per heavy atom. The minimum absolute atomic E-state index is 0.190. The van der Waals surface area contributed by atoms with Gasteiger partial charge in [-0.15, -0.1) is 0 Å². The molecule has 0 heterocycles. The molecule has 0 aliphatic rings. The second-order valence-electron chi connectivity index (χ2n) is 2.45. The summed E-state index contributed by atoms with van der Waals surface area (Å²) in [6, 6.07) is 6.66. The topological polar surface area (TPSA) is 27.6 Å². The van der Waals surface area contributed by atoms with Gasteiger partial charge in [-0.3, -0.25) is 0 Å². The van der Waals surface area contributed by atoms with E-state index in [1.807, 2.05) is 6.92 Å². The second kappa shape index (κ2) is 2.80. The molecule has 0 aromatic heterocycles. The minimum atomic E-state index is -0.190. The van der Waals surface area contributed by atoms with Crippen molar-refractivity contribution in [3.63, 3.8) is 0 Å². The smallest absolute Gasteiger partial charge is 0.123 e. The van der Waals surface area contributed by atoms with Crippen molar-refractivity contribution in [2.24, 2.45) is 0 Å². The molecule has 1 aromatic carbocycles. The lowest BCUT2D eigenvalue weighted by Gasteiger charge is -1.99. The standard InChI is InChI=1S/C8H10FN/c1-6(10)7-2-4-8(9)5-3-7/h2-6H,10H2,1H3/p+1/t6-/m0/s1.